The van der Waals surface area contributed by atoms with Crippen LogP contribution in [0.15, 0.2) is 28.4 Å². The van der Waals surface area contributed by atoms with Gasteiger partial charge in [0.05, 0.1) is 18.3 Å². The summed E-state index contributed by atoms with van der Waals surface area (Å²) < 4.78 is 0. The molecular weight excluding hydrogens is 142 g/mol. The van der Waals surface area contributed by atoms with E-state index >= 15 is 0 Å². The molecule has 3 nitrogen and oxygen atoms in total. The van der Waals surface area contributed by atoms with Gasteiger partial charge in [0.15, 0.2) is 5.78 Å². The molecule has 0 aromatic rings. The van der Waals surface area contributed by atoms with Crippen molar-refractivity contribution in [1.82, 2.24) is 0 Å². The fraction of sp³-hybridized carbons (Fsp3) is 0.125. The molecule has 0 saturated heterocycles. The van der Waals surface area contributed by atoms with Crippen molar-refractivity contribution in [3.05, 3.63) is 23.4 Å². The Morgan fingerprint density at radius 3 is 2.91 bits per heavy atom. The Bertz CT molecular complexity index is 334. The number of allylic oxidation sites excluding steroid dienone is 4. The molecule has 0 spiro atoms. The highest BCUT2D eigenvalue weighted by Gasteiger charge is 2.21. The van der Waals surface area contributed by atoms with Crippen LogP contribution in [0.2, 0.25) is 0 Å². The Kier molecular flexibility index (Phi) is 1.12. The first-order valence-corrected chi connectivity index (χ1v) is 3.30. The van der Waals surface area contributed by atoms with E-state index in [-0.39, 0.29) is 18.0 Å². The van der Waals surface area contributed by atoms with Gasteiger partial charge >= 0.3 is 0 Å². The van der Waals surface area contributed by atoms with Crippen LogP contribution in [-0.2, 0) is 9.59 Å². The summed E-state index contributed by atoms with van der Waals surface area (Å²) in [7, 11) is 0. The molecule has 0 unspecified atom stereocenters. The summed E-state index contributed by atoms with van der Waals surface area (Å²) in [6.45, 7) is 0. The minimum atomic E-state index is -0.0937. The van der Waals surface area contributed by atoms with Crippen LogP contribution in [0.3, 0.4) is 0 Å². The van der Waals surface area contributed by atoms with Crippen molar-refractivity contribution in [2.45, 2.75) is 6.42 Å². The number of nitrogens with zero attached hydrogens (tertiary/aromatic N) is 1. The molecule has 1 aliphatic carbocycles. The summed E-state index contributed by atoms with van der Waals surface area (Å²) in [5, 5.41) is 0. The molecule has 0 aromatic heterocycles. The van der Waals surface area contributed by atoms with E-state index in [2.05, 4.69) is 4.99 Å². The molecule has 0 saturated carbocycles. The second-order valence-corrected chi connectivity index (χ2v) is 2.46. The smallest absolute Gasteiger partial charge is 0.205 e. The van der Waals surface area contributed by atoms with Gasteiger partial charge in [-0.15, -0.1) is 0 Å². The first-order valence-electron chi connectivity index (χ1n) is 3.30. The largest absolute Gasteiger partial charge is 0.294 e. The molecule has 0 amide bonds. The summed E-state index contributed by atoms with van der Waals surface area (Å²) in [4.78, 5) is 25.6. The molecular formula is C8H5NO2. The van der Waals surface area contributed by atoms with E-state index in [1.54, 1.807) is 0 Å². The highest BCUT2D eigenvalue weighted by atomic mass is 16.1. The van der Waals surface area contributed by atoms with Crippen molar-refractivity contribution in [3.63, 3.8) is 0 Å². The standard InChI is InChI=1S/C8H5NO2/c10-5-1-2-6-7(3-5)9-4-8(6)11/h1-2,4H,3H2. The predicted octanol–water partition coefficient (Wildman–Crippen LogP) is 0.423. The summed E-state index contributed by atoms with van der Waals surface area (Å²) >= 11 is 0. The van der Waals surface area contributed by atoms with Crippen molar-refractivity contribution >= 4 is 17.8 Å². The number of ketones is 2. The summed E-state index contributed by atoms with van der Waals surface area (Å²) in [5.74, 6) is -0.0839. The molecule has 0 bridgehead atoms. The quantitative estimate of drug-likeness (QED) is 0.498. The van der Waals surface area contributed by atoms with Gasteiger partial charge in [0.2, 0.25) is 5.78 Å². The van der Waals surface area contributed by atoms with E-state index in [1.165, 1.54) is 18.4 Å². The third kappa shape index (κ3) is 0.852. The summed E-state index contributed by atoms with van der Waals surface area (Å²) in [5.41, 5.74) is 1.19. The molecule has 0 N–H and O–H groups in total. The van der Waals surface area contributed by atoms with Crippen molar-refractivity contribution < 1.29 is 9.59 Å². The van der Waals surface area contributed by atoms with Crippen LogP contribution >= 0.6 is 0 Å². The second-order valence-electron chi connectivity index (χ2n) is 2.46. The van der Waals surface area contributed by atoms with Crippen molar-refractivity contribution in [2.24, 2.45) is 4.99 Å². The van der Waals surface area contributed by atoms with Crippen LogP contribution in [0.25, 0.3) is 0 Å². The average molecular weight is 147 g/mol. The maximum atomic E-state index is 10.9. The van der Waals surface area contributed by atoms with Crippen LogP contribution in [0.5, 0.6) is 0 Å². The lowest BCUT2D eigenvalue weighted by molar-refractivity contribution is -0.114. The molecule has 3 heteroatoms. The van der Waals surface area contributed by atoms with Gasteiger partial charge in [0.1, 0.15) is 0 Å². The minimum absolute atomic E-state index is 0.00981. The Morgan fingerprint density at radius 2 is 2.09 bits per heavy atom. The molecule has 1 heterocycles. The van der Waals surface area contributed by atoms with Crippen LogP contribution in [0.1, 0.15) is 6.42 Å². The van der Waals surface area contributed by atoms with Gasteiger partial charge in [-0.3, -0.25) is 14.6 Å². The topological polar surface area (TPSA) is 46.5 Å². The Balaban J connectivity index is 2.46. The number of carbonyl (C=O) groups excluding carboxylic acids is 2. The highest BCUT2D eigenvalue weighted by Crippen LogP contribution is 2.21. The van der Waals surface area contributed by atoms with Crippen LogP contribution < -0.4 is 0 Å². The van der Waals surface area contributed by atoms with E-state index < -0.39 is 0 Å². The zero-order chi connectivity index (χ0) is 7.84. The minimum Gasteiger partial charge on any atom is -0.294 e. The number of Topliss-reactive ketones (excluding diaryl/α,β-unsaturated/α-hetero) is 1. The van der Waals surface area contributed by atoms with Crippen LogP contribution in [-0.4, -0.2) is 17.8 Å². The van der Waals surface area contributed by atoms with Crippen molar-refractivity contribution in [2.75, 3.05) is 0 Å². The van der Waals surface area contributed by atoms with Crippen molar-refractivity contribution in [1.29, 1.82) is 0 Å². The third-order valence-corrected chi connectivity index (χ3v) is 1.69. The average Bonchev–Trinajstić information content (AvgIpc) is 2.32. The summed E-state index contributed by atoms with van der Waals surface area (Å²) in [6, 6.07) is 0. The molecule has 0 aromatic carbocycles. The lowest BCUT2D eigenvalue weighted by Crippen LogP contribution is -2.04. The molecule has 2 rings (SSSR count). The second kappa shape index (κ2) is 1.99. The molecule has 54 valence electrons. The van der Waals surface area contributed by atoms with E-state index in [0.717, 1.165) is 0 Å². The van der Waals surface area contributed by atoms with Gasteiger partial charge < -0.3 is 0 Å². The van der Waals surface area contributed by atoms with E-state index in [1.807, 2.05) is 0 Å². The van der Waals surface area contributed by atoms with E-state index in [0.29, 0.717) is 11.3 Å². The molecule has 0 atom stereocenters. The van der Waals surface area contributed by atoms with Gasteiger partial charge in [0.25, 0.3) is 0 Å². The number of carbonyl (C=O) groups is 2. The molecule has 1 aliphatic heterocycles. The number of hydrogen-bond acceptors (Lipinski definition) is 3. The Hall–Kier alpha value is -1.51. The SMILES string of the molecule is O=C1C=CC2=C(C1)N=CC2=O. The lowest BCUT2D eigenvalue weighted by Gasteiger charge is -2.02. The lowest BCUT2D eigenvalue weighted by atomic mass is 10.0. The first-order chi connectivity index (χ1) is 5.27. The van der Waals surface area contributed by atoms with Gasteiger partial charge in [-0.25, -0.2) is 0 Å². The molecule has 0 fully saturated rings. The highest BCUT2D eigenvalue weighted by molar-refractivity contribution is 6.39. The summed E-state index contributed by atoms with van der Waals surface area (Å²) in [6.07, 6.45) is 4.49. The van der Waals surface area contributed by atoms with Gasteiger partial charge in [-0.05, 0) is 12.2 Å². The maximum Gasteiger partial charge on any atom is 0.205 e. The maximum absolute atomic E-state index is 10.9. The zero-order valence-electron chi connectivity index (χ0n) is 5.70. The van der Waals surface area contributed by atoms with Gasteiger partial charge in [0, 0.05) is 5.57 Å². The van der Waals surface area contributed by atoms with Gasteiger partial charge in [-0.2, -0.15) is 0 Å². The predicted molar refractivity (Wildman–Crippen MR) is 39.3 cm³/mol. The molecule has 2 aliphatic rings. The molecule has 0 radical (unpaired) electrons. The van der Waals surface area contributed by atoms with Crippen LogP contribution in [0.4, 0.5) is 0 Å². The van der Waals surface area contributed by atoms with E-state index in [9.17, 15) is 9.59 Å². The van der Waals surface area contributed by atoms with Crippen LogP contribution in [0, 0.1) is 0 Å². The Labute approximate surface area is 63.1 Å². The van der Waals surface area contributed by atoms with Gasteiger partial charge in [-0.1, -0.05) is 0 Å². The third-order valence-electron chi connectivity index (χ3n) is 1.69. The number of aliphatic imine (C=N–C) groups is 1. The fourth-order valence-electron chi connectivity index (χ4n) is 1.14. The fourth-order valence-corrected chi connectivity index (χ4v) is 1.14. The zero-order valence-corrected chi connectivity index (χ0v) is 5.70. The monoisotopic (exact) mass is 147 g/mol. The molecule has 11 heavy (non-hydrogen) atoms. The first kappa shape index (κ1) is 6.22. The van der Waals surface area contributed by atoms with E-state index in [4.69, 9.17) is 0 Å². The number of hydrogen-bond donors (Lipinski definition) is 0. The van der Waals surface area contributed by atoms with Crippen molar-refractivity contribution in [3.8, 4) is 0 Å². The number of rotatable bonds is 0. The normalized spacial score (nSPS) is 21.5. The Morgan fingerprint density at radius 1 is 1.27 bits per heavy atom.